The quantitative estimate of drug-likeness (QED) is 0.699. The summed E-state index contributed by atoms with van der Waals surface area (Å²) < 4.78 is 6.70. The highest BCUT2D eigenvalue weighted by Gasteiger charge is 2.10. The minimum Gasteiger partial charge on any atom is -0.491 e. The van der Waals surface area contributed by atoms with E-state index in [1.54, 1.807) is 30.3 Å². The predicted molar refractivity (Wildman–Crippen MR) is 94.4 cm³/mol. The largest absolute Gasteiger partial charge is 0.491 e. The van der Waals surface area contributed by atoms with Crippen LogP contribution >= 0.6 is 34.2 Å². The maximum Gasteiger partial charge on any atom is 0.255 e. The standard InChI is InChI=1S/C16H15ClINO2/c1-2-9-21-15-8-5-12(17)10-14(15)19-16(20)11-3-6-13(18)7-4-11/h3-8,10H,2,9H2,1H3,(H,19,20). The summed E-state index contributed by atoms with van der Waals surface area (Å²) in [6, 6.07) is 12.6. The van der Waals surface area contributed by atoms with E-state index in [2.05, 4.69) is 27.9 Å². The molecule has 0 unspecified atom stereocenters. The lowest BCUT2D eigenvalue weighted by molar-refractivity contribution is 0.102. The van der Waals surface area contributed by atoms with Crippen molar-refractivity contribution in [3.8, 4) is 5.75 Å². The minimum atomic E-state index is -0.185. The molecule has 0 aliphatic rings. The van der Waals surface area contributed by atoms with Crippen LogP contribution < -0.4 is 10.1 Å². The van der Waals surface area contributed by atoms with Crippen LogP contribution in [0.4, 0.5) is 5.69 Å². The molecule has 0 saturated carbocycles. The molecule has 2 aromatic carbocycles. The van der Waals surface area contributed by atoms with E-state index in [-0.39, 0.29) is 5.91 Å². The minimum absolute atomic E-state index is 0.185. The molecule has 0 radical (unpaired) electrons. The molecule has 0 fully saturated rings. The average Bonchev–Trinajstić information content (AvgIpc) is 2.47. The van der Waals surface area contributed by atoms with Crippen LogP contribution in [0.5, 0.6) is 5.75 Å². The molecule has 0 bridgehead atoms. The Hall–Kier alpha value is -1.27. The summed E-state index contributed by atoms with van der Waals surface area (Å²) in [4.78, 5) is 12.3. The van der Waals surface area contributed by atoms with E-state index in [9.17, 15) is 4.79 Å². The van der Waals surface area contributed by atoms with Crippen LogP contribution in [-0.2, 0) is 0 Å². The van der Waals surface area contributed by atoms with Crippen molar-refractivity contribution < 1.29 is 9.53 Å². The summed E-state index contributed by atoms with van der Waals surface area (Å²) >= 11 is 8.19. The average molecular weight is 416 g/mol. The molecule has 2 rings (SSSR count). The van der Waals surface area contributed by atoms with Crippen LogP contribution in [0.1, 0.15) is 23.7 Å². The van der Waals surface area contributed by atoms with Gasteiger partial charge in [-0.1, -0.05) is 18.5 Å². The molecule has 0 atom stereocenters. The Balaban J connectivity index is 2.19. The number of anilines is 1. The predicted octanol–water partition coefficient (Wildman–Crippen LogP) is 4.99. The fraction of sp³-hybridized carbons (Fsp3) is 0.188. The van der Waals surface area contributed by atoms with E-state index < -0.39 is 0 Å². The first-order valence-corrected chi connectivity index (χ1v) is 8.05. The molecule has 1 amide bonds. The molecule has 0 aromatic heterocycles. The van der Waals surface area contributed by atoms with E-state index in [0.29, 0.717) is 28.6 Å². The van der Waals surface area contributed by atoms with E-state index in [4.69, 9.17) is 16.3 Å². The number of carbonyl (C=O) groups is 1. The Morgan fingerprint density at radius 3 is 2.62 bits per heavy atom. The highest BCUT2D eigenvalue weighted by atomic mass is 127. The lowest BCUT2D eigenvalue weighted by atomic mass is 10.2. The number of halogens is 2. The molecule has 3 nitrogen and oxygen atoms in total. The monoisotopic (exact) mass is 415 g/mol. The van der Waals surface area contributed by atoms with Gasteiger partial charge in [-0.2, -0.15) is 0 Å². The highest BCUT2D eigenvalue weighted by Crippen LogP contribution is 2.28. The summed E-state index contributed by atoms with van der Waals surface area (Å²) in [5.74, 6) is 0.440. The van der Waals surface area contributed by atoms with Gasteiger partial charge < -0.3 is 10.1 Å². The van der Waals surface area contributed by atoms with Crippen LogP contribution in [-0.4, -0.2) is 12.5 Å². The van der Waals surface area contributed by atoms with Gasteiger partial charge in [-0.3, -0.25) is 4.79 Å². The molecule has 110 valence electrons. The fourth-order valence-electron chi connectivity index (χ4n) is 1.73. The Labute approximate surface area is 142 Å². The molecular weight excluding hydrogens is 401 g/mol. The van der Waals surface area contributed by atoms with Gasteiger partial charge >= 0.3 is 0 Å². The third kappa shape index (κ3) is 4.61. The van der Waals surface area contributed by atoms with E-state index in [0.717, 1.165) is 9.99 Å². The zero-order valence-corrected chi connectivity index (χ0v) is 14.4. The number of nitrogens with one attached hydrogen (secondary N) is 1. The van der Waals surface area contributed by atoms with Crippen LogP contribution in [0, 0.1) is 3.57 Å². The Bertz CT molecular complexity index is 629. The van der Waals surface area contributed by atoms with Crippen LogP contribution in [0.3, 0.4) is 0 Å². The number of carbonyl (C=O) groups excluding carboxylic acids is 1. The van der Waals surface area contributed by atoms with Crippen LogP contribution in [0.2, 0.25) is 5.02 Å². The molecule has 1 N–H and O–H groups in total. The van der Waals surface area contributed by atoms with E-state index >= 15 is 0 Å². The van der Waals surface area contributed by atoms with Crippen molar-refractivity contribution in [2.24, 2.45) is 0 Å². The summed E-state index contributed by atoms with van der Waals surface area (Å²) in [7, 11) is 0. The number of amides is 1. The van der Waals surface area contributed by atoms with Crippen molar-refractivity contribution in [3.05, 3.63) is 56.6 Å². The van der Waals surface area contributed by atoms with Crippen LogP contribution in [0.25, 0.3) is 0 Å². The Kier molecular flexibility index (Phi) is 5.87. The molecule has 21 heavy (non-hydrogen) atoms. The SMILES string of the molecule is CCCOc1ccc(Cl)cc1NC(=O)c1ccc(I)cc1. The van der Waals surface area contributed by atoms with Crippen molar-refractivity contribution in [3.63, 3.8) is 0 Å². The second kappa shape index (κ2) is 7.66. The fourth-order valence-corrected chi connectivity index (χ4v) is 2.27. The number of benzene rings is 2. The molecule has 5 heteroatoms. The van der Waals surface area contributed by atoms with Gasteiger partial charge in [0, 0.05) is 14.2 Å². The van der Waals surface area contributed by atoms with Crippen molar-refractivity contribution in [2.45, 2.75) is 13.3 Å². The molecule has 0 saturated heterocycles. The lowest BCUT2D eigenvalue weighted by Crippen LogP contribution is -2.13. The molecule has 0 heterocycles. The van der Waals surface area contributed by atoms with Gasteiger partial charge in [0.15, 0.2) is 0 Å². The molecule has 0 spiro atoms. The summed E-state index contributed by atoms with van der Waals surface area (Å²) in [5, 5.41) is 3.40. The third-order valence-electron chi connectivity index (χ3n) is 2.76. The Morgan fingerprint density at radius 1 is 1.24 bits per heavy atom. The zero-order chi connectivity index (χ0) is 15.2. The van der Waals surface area contributed by atoms with Crippen molar-refractivity contribution >= 4 is 45.8 Å². The molecule has 0 aliphatic carbocycles. The summed E-state index contributed by atoms with van der Waals surface area (Å²) in [6.45, 7) is 2.62. The van der Waals surface area contributed by atoms with E-state index in [1.807, 2.05) is 19.1 Å². The van der Waals surface area contributed by atoms with Gasteiger partial charge in [-0.05, 0) is 71.5 Å². The third-order valence-corrected chi connectivity index (χ3v) is 3.71. The lowest BCUT2D eigenvalue weighted by Gasteiger charge is -2.12. The second-order valence-electron chi connectivity index (χ2n) is 4.45. The van der Waals surface area contributed by atoms with Crippen LogP contribution in [0.15, 0.2) is 42.5 Å². The number of rotatable bonds is 5. The first-order valence-electron chi connectivity index (χ1n) is 6.59. The maximum absolute atomic E-state index is 12.3. The smallest absolute Gasteiger partial charge is 0.255 e. The number of ether oxygens (including phenoxy) is 1. The topological polar surface area (TPSA) is 38.3 Å². The first kappa shape index (κ1) is 16.1. The number of hydrogen-bond donors (Lipinski definition) is 1. The van der Waals surface area contributed by atoms with Crippen molar-refractivity contribution in [1.29, 1.82) is 0 Å². The maximum atomic E-state index is 12.3. The number of hydrogen-bond acceptors (Lipinski definition) is 2. The first-order chi connectivity index (χ1) is 10.1. The summed E-state index contributed by atoms with van der Waals surface area (Å²) in [6.07, 6.45) is 0.896. The van der Waals surface area contributed by atoms with Crippen molar-refractivity contribution in [2.75, 3.05) is 11.9 Å². The summed E-state index contributed by atoms with van der Waals surface area (Å²) in [5.41, 5.74) is 1.18. The van der Waals surface area contributed by atoms with Gasteiger partial charge in [-0.25, -0.2) is 0 Å². The van der Waals surface area contributed by atoms with Gasteiger partial charge in [0.05, 0.1) is 12.3 Å². The second-order valence-corrected chi connectivity index (χ2v) is 6.13. The van der Waals surface area contributed by atoms with Gasteiger partial charge in [0.25, 0.3) is 5.91 Å². The molecule has 2 aromatic rings. The van der Waals surface area contributed by atoms with Gasteiger partial charge in [0.1, 0.15) is 5.75 Å². The molecular formula is C16H15ClINO2. The van der Waals surface area contributed by atoms with Gasteiger partial charge in [0.2, 0.25) is 0 Å². The normalized spacial score (nSPS) is 10.2. The van der Waals surface area contributed by atoms with Gasteiger partial charge in [-0.15, -0.1) is 0 Å². The highest BCUT2D eigenvalue weighted by molar-refractivity contribution is 14.1. The molecule has 0 aliphatic heterocycles. The van der Waals surface area contributed by atoms with E-state index in [1.165, 1.54) is 0 Å². The Morgan fingerprint density at radius 2 is 1.95 bits per heavy atom. The van der Waals surface area contributed by atoms with Crippen molar-refractivity contribution in [1.82, 2.24) is 0 Å². The zero-order valence-electron chi connectivity index (χ0n) is 11.5.